The predicted octanol–water partition coefficient (Wildman–Crippen LogP) is 2.03. The zero-order valence-electron chi connectivity index (χ0n) is 10.2. The molecule has 18 heavy (non-hydrogen) atoms. The third-order valence-corrected chi connectivity index (χ3v) is 2.36. The molecule has 1 aromatic carbocycles. The van der Waals surface area contributed by atoms with Crippen LogP contribution in [0.25, 0.3) is 11.0 Å². The lowest BCUT2D eigenvalue weighted by atomic mass is 10.3. The molecule has 0 radical (unpaired) electrons. The Balaban J connectivity index is 1.82. The van der Waals surface area contributed by atoms with Crippen molar-refractivity contribution < 1.29 is 4.74 Å². The Morgan fingerprint density at radius 2 is 2.00 bits per heavy atom. The molecule has 1 aromatic heterocycles. The zero-order valence-corrected chi connectivity index (χ0v) is 10.2. The smallest absolute Gasteiger partial charge is 0.243 e. The summed E-state index contributed by atoms with van der Waals surface area (Å²) in [7, 11) is 0. The van der Waals surface area contributed by atoms with Crippen LogP contribution in [0, 0.1) is 0 Å². The highest BCUT2D eigenvalue weighted by atomic mass is 16.5. The van der Waals surface area contributed by atoms with Gasteiger partial charge in [-0.25, -0.2) is 4.98 Å². The van der Waals surface area contributed by atoms with Gasteiger partial charge in [0.1, 0.15) is 5.52 Å². The molecule has 5 nitrogen and oxygen atoms in total. The molecule has 0 fully saturated rings. The van der Waals surface area contributed by atoms with Gasteiger partial charge in [-0.05, 0) is 18.6 Å². The number of ether oxygens (including phenoxy) is 1. The van der Waals surface area contributed by atoms with Gasteiger partial charge in [0, 0.05) is 6.54 Å². The van der Waals surface area contributed by atoms with Crippen LogP contribution in [0.1, 0.15) is 6.42 Å². The van der Waals surface area contributed by atoms with Crippen molar-refractivity contribution in [3.63, 3.8) is 0 Å². The first-order chi connectivity index (χ1) is 8.90. The Morgan fingerprint density at radius 1 is 1.17 bits per heavy atom. The van der Waals surface area contributed by atoms with Crippen LogP contribution in [0.5, 0.6) is 0 Å². The van der Waals surface area contributed by atoms with Gasteiger partial charge in [0.25, 0.3) is 0 Å². The number of nitrogens with zero attached hydrogens (tertiary/aromatic N) is 3. The normalized spacial score (nSPS) is 10.4. The third kappa shape index (κ3) is 3.49. The van der Waals surface area contributed by atoms with Crippen LogP contribution in [-0.2, 0) is 4.74 Å². The van der Waals surface area contributed by atoms with E-state index in [1.165, 1.54) is 0 Å². The highest BCUT2D eigenvalue weighted by molar-refractivity contribution is 5.73. The van der Waals surface area contributed by atoms with Crippen molar-refractivity contribution in [2.24, 2.45) is 0 Å². The van der Waals surface area contributed by atoms with E-state index in [1.54, 1.807) is 0 Å². The van der Waals surface area contributed by atoms with Crippen molar-refractivity contribution in [3.05, 3.63) is 36.9 Å². The van der Waals surface area contributed by atoms with Crippen LogP contribution in [0.15, 0.2) is 36.9 Å². The van der Waals surface area contributed by atoms with Gasteiger partial charge in [0.2, 0.25) is 5.95 Å². The van der Waals surface area contributed by atoms with E-state index in [0.717, 1.165) is 17.5 Å². The molecule has 0 aliphatic heterocycles. The molecule has 0 spiro atoms. The van der Waals surface area contributed by atoms with Crippen molar-refractivity contribution in [1.29, 1.82) is 0 Å². The first-order valence-electron chi connectivity index (χ1n) is 5.92. The molecule has 0 amide bonds. The standard InChI is InChI=1S/C13H16N4O/c1-2-3-9-18-10-8-14-13-15-11-6-4-5-7-12(11)16-17-13/h2,4-7H,1,3,8-10H2,(H,14,15,17). The molecule has 0 atom stereocenters. The number of aromatic nitrogens is 3. The Bertz CT molecular complexity index is 515. The molecule has 0 unspecified atom stereocenters. The lowest BCUT2D eigenvalue weighted by Crippen LogP contribution is -2.12. The van der Waals surface area contributed by atoms with Crippen molar-refractivity contribution in [2.75, 3.05) is 25.1 Å². The minimum absolute atomic E-state index is 0.529. The number of hydrogen-bond acceptors (Lipinski definition) is 5. The number of hydrogen-bond donors (Lipinski definition) is 1. The van der Waals surface area contributed by atoms with E-state index in [0.29, 0.717) is 25.7 Å². The molecule has 0 aliphatic carbocycles. The van der Waals surface area contributed by atoms with Gasteiger partial charge in [0.05, 0.1) is 18.7 Å². The molecular formula is C13H16N4O. The monoisotopic (exact) mass is 244 g/mol. The predicted molar refractivity (Wildman–Crippen MR) is 71.5 cm³/mol. The second kappa shape index (κ2) is 6.66. The van der Waals surface area contributed by atoms with Crippen LogP contribution in [0.3, 0.4) is 0 Å². The molecule has 0 bridgehead atoms. The highest BCUT2D eigenvalue weighted by Crippen LogP contribution is 2.08. The quantitative estimate of drug-likeness (QED) is 0.596. The van der Waals surface area contributed by atoms with E-state index in [9.17, 15) is 0 Å². The molecule has 2 aromatic rings. The SMILES string of the molecule is C=CCCOCCNc1nnc2ccccc2n1. The van der Waals surface area contributed by atoms with E-state index in [-0.39, 0.29) is 0 Å². The van der Waals surface area contributed by atoms with Crippen molar-refractivity contribution in [1.82, 2.24) is 15.2 Å². The van der Waals surface area contributed by atoms with Crippen molar-refractivity contribution in [3.8, 4) is 0 Å². The first-order valence-corrected chi connectivity index (χ1v) is 5.92. The summed E-state index contributed by atoms with van der Waals surface area (Å²) in [6, 6.07) is 7.64. The van der Waals surface area contributed by atoms with Gasteiger partial charge in [0.15, 0.2) is 0 Å². The molecule has 1 N–H and O–H groups in total. The number of para-hydroxylation sites is 1. The Labute approximate surface area is 106 Å². The molecule has 0 saturated heterocycles. The summed E-state index contributed by atoms with van der Waals surface area (Å²) in [6.07, 6.45) is 2.71. The van der Waals surface area contributed by atoms with Crippen LogP contribution in [0.4, 0.5) is 5.95 Å². The second-order valence-corrected chi connectivity index (χ2v) is 3.74. The van der Waals surface area contributed by atoms with Crippen LogP contribution in [-0.4, -0.2) is 34.9 Å². The molecule has 5 heteroatoms. The van der Waals surface area contributed by atoms with Gasteiger partial charge >= 0.3 is 0 Å². The fourth-order valence-corrected chi connectivity index (χ4v) is 1.46. The summed E-state index contributed by atoms with van der Waals surface area (Å²) in [5, 5.41) is 11.2. The van der Waals surface area contributed by atoms with E-state index in [4.69, 9.17) is 4.74 Å². The molecule has 0 aliphatic rings. The van der Waals surface area contributed by atoms with E-state index in [1.807, 2.05) is 30.3 Å². The van der Waals surface area contributed by atoms with Crippen molar-refractivity contribution in [2.45, 2.75) is 6.42 Å². The number of nitrogens with one attached hydrogen (secondary N) is 1. The van der Waals surface area contributed by atoms with Crippen LogP contribution in [0.2, 0.25) is 0 Å². The fraction of sp³-hybridized carbons (Fsp3) is 0.308. The van der Waals surface area contributed by atoms with Crippen LogP contribution < -0.4 is 5.32 Å². The molecule has 0 saturated carbocycles. The van der Waals surface area contributed by atoms with Gasteiger partial charge in [-0.3, -0.25) is 0 Å². The fourth-order valence-electron chi connectivity index (χ4n) is 1.46. The second-order valence-electron chi connectivity index (χ2n) is 3.74. The highest BCUT2D eigenvalue weighted by Gasteiger charge is 1.99. The summed E-state index contributed by atoms with van der Waals surface area (Å²) < 4.78 is 5.37. The summed E-state index contributed by atoms with van der Waals surface area (Å²) in [6.45, 7) is 5.61. The first kappa shape index (κ1) is 12.4. The average molecular weight is 244 g/mol. The lowest BCUT2D eigenvalue weighted by Gasteiger charge is -2.05. The number of rotatable bonds is 7. The number of fused-ring (bicyclic) bond motifs is 1. The number of anilines is 1. The molecule has 1 heterocycles. The molecule has 2 rings (SSSR count). The van der Waals surface area contributed by atoms with E-state index < -0.39 is 0 Å². The van der Waals surface area contributed by atoms with Crippen LogP contribution >= 0.6 is 0 Å². The molecular weight excluding hydrogens is 228 g/mol. The largest absolute Gasteiger partial charge is 0.379 e. The number of benzene rings is 1. The Hall–Kier alpha value is -2.01. The summed E-state index contributed by atoms with van der Waals surface area (Å²) >= 11 is 0. The van der Waals surface area contributed by atoms with Gasteiger partial charge in [-0.2, -0.15) is 0 Å². The maximum atomic E-state index is 5.37. The lowest BCUT2D eigenvalue weighted by molar-refractivity contribution is 0.148. The zero-order chi connectivity index (χ0) is 12.6. The third-order valence-electron chi connectivity index (χ3n) is 2.36. The van der Waals surface area contributed by atoms with Gasteiger partial charge in [-0.15, -0.1) is 16.8 Å². The minimum atomic E-state index is 0.529. The maximum Gasteiger partial charge on any atom is 0.243 e. The average Bonchev–Trinajstić information content (AvgIpc) is 2.42. The topological polar surface area (TPSA) is 59.9 Å². The van der Waals surface area contributed by atoms with E-state index in [2.05, 4.69) is 27.1 Å². The van der Waals surface area contributed by atoms with Crippen molar-refractivity contribution >= 4 is 17.0 Å². The minimum Gasteiger partial charge on any atom is -0.379 e. The van der Waals surface area contributed by atoms with Gasteiger partial charge < -0.3 is 10.1 Å². The van der Waals surface area contributed by atoms with Gasteiger partial charge in [-0.1, -0.05) is 18.2 Å². The Morgan fingerprint density at radius 3 is 2.83 bits per heavy atom. The maximum absolute atomic E-state index is 5.37. The summed E-state index contributed by atoms with van der Waals surface area (Å²) in [4.78, 5) is 4.35. The van der Waals surface area contributed by atoms with E-state index >= 15 is 0 Å². The Kier molecular flexibility index (Phi) is 4.60. The summed E-state index contributed by atoms with van der Waals surface area (Å²) in [5.41, 5.74) is 1.63. The summed E-state index contributed by atoms with van der Waals surface area (Å²) in [5.74, 6) is 0.529. The molecule has 94 valence electrons.